The normalized spacial score (nSPS) is 15.3. The Kier molecular flexibility index (Phi) is 3.22. The number of nitrogen functional groups attached to an aromatic ring is 1. The number of nitrogens with one attached hydrogen (secondary N) is 1. The zero-order valence-electron chi connectivity index (χ0n) is 8.26. The lowest BCUT2D eigenvalue weighted by Gasteiger charge is -2.08. The molecular formula is C10H13Cl2N3. The van der Waals surface area contributed by atoms with Gasteiger partial charge in [-0.05, 0) is 18.4 Å². The van der Waals surface area contributed by atoms with Gasteiger partial charge in [-0.3, -0.25) is 0 Å². The molecule has 0 aliphatic heterocycles. The van der Waals surface area contributed by atoms with Gasteiger partial charge in [-0.1, -0.05) is 36.0 Å². The van der Waals surface area contributed by atoms with Crippen molar-refractivity contribution in [2.75, 3.05) is 17.6 Å². The maximum atomic E-state index is 5.97. The smallest absolute Gasteiger partial charge is 0.147 e. The molecule has 0 bridgehead atoms. The summed E-state index contributed by atoms with van der Waals surface area (Å²) in [7, 11) is 0. The zero-order chi connectivity index (χ0) is 10.8. The Morgan fingerprint density at radius 1 is 1.40 bits per heavy atom. The largest absolute Gasteiger partial charge is 0.382 e. The maximum absolute atomic E-state index is 5.97. The summed E-state index contributed by atoms with van der Waals surface area (Å²) in [6, 6.07) is 1.62. The van der Waals surface area contributed by atoms with E-state index in [2.05, 4.69) is 10.3 Å². The van der Waals surface area contributed by atoms with Crippen molar-refractivity contribution in [2.24, 2.45) is 5.92 Å². The summed E-state index contributed by atoms with van der Waals surface area (Å²) in [5.74, 6) is 1.83. The molecule has 1 saturated carbocycles. The molecule has 0 atom stereocenters. The maximum Gasteiger partial charge on any atom is 0.147 e. The molecule has 3 nitrogen and oxygen atoms in total. The molecule has 0 unspecified atom stereocenters. The van der Waals surface area contributed by atoms with Crippen molar-refractivity contribution in [3.63, 3.8) is 0 Å². The zero-order valence-corrected chi connectivity index (χ0v) is 9.78. The van der Waals surface area contributed by atoms with E-state index < -0.39 is 0 Å². The topological polar surface area (TPSA) is 50.9 Å². The van der Waals surface area contributed by atoms with E-state index in [1.54, 1.807) is 6.07 Å². The average Bonchev–Trinajstić information content (AvgIpc) is 2.97. The highest BCUT2D eigenvalue weighted by atomic mass is 35.5. The van der Waals surface area contributed by atoms with Crippen LogP contribution in [0.15, 0.2) is 6.07 Å². The summed E-state index contributed by atoms with van der Waals surface area (Å²) in [5, 5.41) is 4.09. The molecule has 0 spiro atoms. The van der Waals surface area contributed by atoms with Gasteiger partial charge in [0, 0.05) is 6.54 Å². The van der Waals surface area contributed by atoms with E-state index in [1.807, 2.05) is 0 Å². The number of rotatable bonds is 4. The summed E-state index contributed by atoms with van der Waals surface area (Å²) < 4.78 is 0. The lowest BCUT2D eigenvalue weighted by atomic mass is 10.3. The average molecular weight is 246 g/mol. The van der Waals surface area contributed by atoms with Gasteiger partial charge in [0.15, 0.2) is 0 Å². The van der Waals surface area contributed by atoms with Crippen LogP contribution in [0.5, 0.6) is 0 Å². The van der Waals surface area contributed by atoms with Crippen molar-refractivity contribution in [2.45, 2.75) is 19.3 Å². The molecule has 5 heteroatoms. The Balaban J connectivity index is 1.96. The van der Waals surface area contributed by atoms with E-state index in [1.165, 1.54) is 19.3 Å². The number of anilines is 2. The van der Waals surface area contributed by atoms with Crippen molar-refractivity contribution < 1.29 is 0 Å². The number of nitrogens with zero attached hydrogens (tertiary/aromatic N) is 1. The lowest BCUT2D eigenvalue weighted by molar-refractivity contribution is 0.758. The third kappa shape index (κ3) is 2.89. The van der Waals surface area contributed by atoms with E-state index in [0.29, 0.717) is 21.7 Å². The van der Waals surface area contributed by atoms with Crippen molar-refractivity contribution in [3.8, 4) is 0 Å². The minimum absolute atomic E-state index is 0.315. The number of pyridine rings is 1. The number of nitrogens with two attached hydrogens (primary N) is 1. The Morgan fingerprint density at radius 3 is 2.80 bits per heavy atom. The Bertz CT molecular complexity index is 364. The van der Waals surface area contributed by atoms with Crippen LogP contribution < -0.4 is 11.1 Å². The molecule has 0 aromatic carbocycles. The second-order valence-corrected chi connectivity index (χ2v) is 4.66. The first-order valence-corrected chi connectivity index (χ1v) is 5.78. The molecule has 1 aliphatic rings. The van der Waals surface area contributed by atoms with Gasteiger partial charge in [-0.25, -0.2) is 4.98 Å². The summed E-state index contributed by atoms with van der Waals surface area (Å²) in [6.07, 6.45) is 3.87. The molecule has 3 N–H and O–H groups in total. The second kappa shape index (κ2) is 4.45. The van der Waals surface area contributed by atoms with Crippen LogP contribution in [-0.4, -0.2) is 11.5 Å². The molecule has 2 rings (SSSR count). The molecule has 15 heavy (non-hydrogen) atoms. The summed E-state index contributed by atoms with van der Waals surface area (Å²) in [6.45, 7) is 0.887. The highest BCUT2D eigenvalue weighted by molar-refractivity contribution is 6.37. The number of halogens is 2. The molecule has 1 fully saturated rings. The van der Waals surface area contributed by atoms with Gasteiger partial charge in [0.2, 0.25) is 0 Å². The Hall–Kier alpha value is -0.670. The van der Waals surface area contributed by atoms with Crippen molar-refractivity contribution in [1.82, 2.24) is 4.98 Å². The van der Waals surface area contributed by atoms with Crippen LogP contribution in [0.25, 0.3) is 0 Å². The van der Waals surface area contributed by atoms with E-state index in [4.69, 9.17) is 28.9 Å². The van der Waals surface area contributed by atoms with Gasteiger partial charge >= 0.3 is 0 Å². The molecule has 1 aliphatic carbocycles. The van der Waals surface area contributed by atoms with Crippen LogP contribution in [-0.2, 0) is 0 Å². The molecule has 0 radical (unpaired) electrons. The third-order valence-electron chi connectivity index (χ3n) is 2.50. The van der Waals surface area contributed by atoms with Crippen molar-refractivity contribution >= 4 is 34.8 Å². The standard InChI is InChI=1S/C10H13Cl2N3/c11-7-5-8(12)10(15-9(7)13)14-4-3-6-1-2-6/h5-6H,1-4H2,(H3,13,14,15). The highest BCUT2D eigenvalue weighted by Crippen LogP contribution is 2.32. The number of aromatic nitrogens is 1. The van der Waals surface area contributed by atoms with Gasteiger partial charge in [0.05, 0.1) is 10.0 Å². The van der Waals surface area contributed by atoms with Crippen LogP contribution >= 0.6 is 23.2 Å². The molecule has 1 aromatic heterocycles. The third-order valence-corrected chi connectivity index (χ3v) is 3.09. The Morgan fingerprint density at radius 2 is 2.13 bits per heavy atom. The predicted molar refractivity (Wildman–Crippen MR) is 64.5 cm³/mol. The molecule has 1 heterocycles. The molecule has 0 saturated heterocycles. The van der Waals surface area contributed by atoms with E-state index >= 15 is 0 Å². The van der Waals surface area contributed by atoms with E-state index in [0.717, 1.165) is 12.5 Å². The minimum Gasteiger partial charge on any atom is -0.382 e. The van der Waals surface area contributed by atoms with Gasteiger partial charge < -0.3 is 11.1 Å². The first kappa shape index (κ1) is 10.8. The fourth-order valence-corrected chi connectivity index (χ4v) is 1.83. The highest BCUT2D eigenvalue weighted by Gasteiger charge is 2.20. The Labute approximate surface area is 99.0 Å². The van der Waals surface area contributed by atoms with Crippen molar-refractivity contribution in [1.29, 1.82) is 0 Å². The van der Waals surface area contributed by atoms with Crippen LogP contribution in [0.2, 0.25) is 10.0 Å². The van der Waals surface area contributed by atoms with Crippen molar-refractivity contribution in [3.05, 3.63) is 16.1 Å². The second-order valence-electron chi connectivity index (χ2n) is 3.84. The van der Waals surface area contributed by atoms with Gasteiger partial charge in [0.1, 0.15) is 11.6 Å². The monoisotopic (exact) mass is 245 g/mol. The predicted octanol–water partition coefficient (Wildman–Crippen LogP) is 3.18. The minimum atomic E-state index is 0.315. The van der Waals surface area contributed by atoms with Crippen LogP contribution in [0.3, 0.4) is 0 Å². The van der Waals surface area contributed by atoms with E-state index in [9.17, 15) is 0 Å². The van der Waals surface area contributed by atoms with Gasteiger partial charge in [-0.2, -0.15) is 0 Å². The first-order valence-electron chi connectivity index (χ1n) is 5.02. The summed E-state index contributed by atoms with van der Waals surface area (Å²) >= 11 is 11.7. The van der Waals surface area contributed by atoms with Gasteiger partial charge in [-0.15, -0.1) is 0 Å². The van der Waals surface area contributed by atoms with Crippen LogP contribution in [0, 0.1) is 5.92 Å². The molecule has 0 amide bonds. The number of hydrogen-bond acceptors (Lipinski definition) is 3. The molecule has 82 valence electrons. The first-order chi connectivity index (χ1) is 7.16. The van der Waals surface area contributed by atoms with E-state index in [-0.39, 0.29) is 0 Å². The SMILES string of the molecule is Nc1nc(NCCC2CC2)c(Cl)cc1Cl. The number of hydrogen-bond donors (Lipinski definition) is 2. The fourth-order valence-electron chi connectivity index (χ4n) is 1.41. The van der Waals surface area contributed by atoms with Crippen LogP contribution in [0.4, 0.5) is 11.6 Å². The molecule has 1 aromatic rings. The van der Waals surface area contributed by atoms with Gasteiger partial charge in [0.25, 0.3) is 0 Å². The van der Waals surface area contributed by atoms with Crippen LogP contribution in [0.1, 0.15) is 19.3 Å². The summed E-state index contributed by atoms with van der Waals surface area (Å²) in [4.78, 5) is 4.09. The fraction of sp³-hybridized carbons (Fsp3) is 0.500. The molecular weight excluding hydrogens is 233 g/mol. The lowest BCUT2D eigenvalue weighted by Crippen LogP contribution is -2.06. The summed E-state index contributed by atoms with van der Waals surface area (Å²) in [5.41, 5.74) is 5.59. The quantitative estimate of drug-likeness (QED) is 0.857.